The second kappa shape index (κ2) is 5.76. The molecule has 0 aliphatic carbocycles. The van der Waals surface area contributed by atoms with E-state index in [4.69, 9.17) is 10.5 Å². The van der Waals surface area contributed by atoms with Gasteiger partial charge < -0.3 is 15.0 Å². The Morgan fingerprint density at radius 2 is 2.16 bits per heavy atom. The summed E-state index contributed by atoms with van der Waals surface area (Å²) < 4.78 is 8.24. The molecule has 0 bridgehead atoms. The third-order valence-corrected chi connectivity index (χ3v) is 6.10. The van der Waals surface area contributed by atoms with Crippen molar-refractivity contribution < 1.29 is 4.74 Å². The third kappa shape index (κ3) is 2.29. The molecule has 0 unspecified atom stereocenters. The minimum Gasteiger partial charge on any atom is -0.439 e. The number of benzene rings is 1. The van der Waals surface area contributed by atoms with E-state index in [1.54, 1.807) is 11.6 Å². The van der Waals surface area contributed by atoms with Crippen LogP contribution in [0.15, 0.2) is 56.4 Å². The molecule has 1 aliphatic rings. The van der Waals surface area contributed by atoms with Crippen LogP contribution in [0.5, 0.6) is 5.75 Å². The zero-order chi connectivity index (χ0) is 17.7. The predicted molar refractivity (Wildman–Crippen MR) is 101 cm³/mol. The Hall–Kier alpha value is -2.56. The second-order valence-corrected chi connectivity index (χ2v) is 7.57. The van der Waals surface area contributed by atoms with Crippen molar-refractivity contribution in [3.63, 3.8) is 0 Å². The summed E-state index contributed by atoms with van der Waals surface area (Å²) in [5, 5.41) is 12.3. The second-order valence-electron chi connectivity index (χ2n) is 5.72. The van der Waals surface area contributed by atoms with Gasteiger partial charge in [0.15, 0.2) is 0 Å². The van der Waals surface area contributed by atoms with Crippen LogP contribution in [-0.4, -0.2) is 4.57 Å². The smallest absolute Gasteiger partial charge is 0.258 e. The molecule has 0 radical (unpaired) electrons. The summed E-state index contributed by atoms with van der Waals surface area (Å²) in [7, 11) is 1.72. The van der Waals surface area contributed by atoms with Gasteiger partial charge in [-0.3, -0.25) is 4.79 Å². The first-order chi connectivity index (χ1) is 12.0. The van der Waals surface area contributed by atoms with E-state index in [2.05, 4.69) is 22.0 Å². The largest absolute Gasteiger partial charge is 0.439 e. The molecule has 124 valence electrons. The molecule has 4 rings (SSSR count). The Bertz CT molecular complexity index is 1150. The molecule has 3 heterocycles. The lowest BCUT2D eigenvalue weighted by Gasteiger charge is -2.26. The molecule has 3 aromatic rings. The van der Waals surface area contributed by atoms with Gasteiger partial charge in [0.05, 0.1) is 17.0 Å². The lowest BCUT2D eigenvalue weighted by atomic mass is 9.88. The van der Waals surface area contributed by atoms with Crippen molar-refractivity contribution >= 4 is 38.2 Å². The normalized spacial score (nSPS) is 16.4. The topological polar surface area (TPSA) is 81.0 Å². The average Bonchev–Trinajstić information content (AvgIpc) is 3.04. The van der Waals surface area contributed by atoms with Gasteiger partial charge in [0, 0.05) is 27.2 Å². The number of thiophene rings is 1. The quantitative estimate of drug-likeness (QED) is 0.660. The van der Waals surface area contributed by atoms with E-state index in [0.29, 0.717) is 11.3 Å². The Morgan fingerprint density at radius 3 is 2.84 bits per heavy atom. The summed E-state index contributed by atoms with van der Waals surface area (Å²) in [4.78, 5) is 14.0. The van der Waals surface area contributed by atoms with Gasteiger partial charge in [0.25, 0.3) is 5.56 Å². The van der Waals surface area contributed by atoms with Crippen LogP contribution >= 0.6 is 27.3 Å². The van der Waals surface area contributed by atoms with Crippen LogP contribution < -0.4 is 16.0 Å². The number of aryl methyl sites for hydroxylation is 1. The maximum Gasteiger partial charge on any atom is 0.258 e. The molecule has 0 saturated carbocycles. The first kappa shape index (κ1) is 15.9. The molecule has 2 aromatic heterocycles. The Kier molecular flexibility index (Phi) is 3.67. The maximum atomic E-state index is 13.1. The molecule has 0 amide bonds. The molecule has 25 heavy (non-hydrogen) atoms. The number of nitrogens with two attached hydrogens (primary N) is 1. The highest BCUT2D eigenvalue weighted by atomic mass is 79.9. The molecule has 7 heteroatoms. The predicted octanol–water partition coefficient (Wildman–Crippen LogP) is 3.58. The van der Waals surface area contributed by atoms with E-state index in [-0.39, 0.29) is 17.0 Å². The monoisotopic (exact) mass is 413 g/mol. The third-order valence-electron chi connectivity index (χ3n) is 4.34. The van der Waals surface area contributed by atoms with Crippen molar-refractivity contribution in [1.29, 1.82) is 5.26 Å². The number of ether oxygens (including phenoxy) is 1. The molecule has 1 aliphatic heterocycles. The highest BCUT2D eigenvalue weighted by Gasteiger charge is 2.35. The number of fused-ring (bicyclic) bond motifs is 3. The van der Waals surface area contributed by atoms with Crippen molar-refractivity contribution in [1.82, 2.24) is 4.57 Å². The Balaban J connectivity index is 2.14. The van der Waals surface area contributed by atoms with Crippen LogP contribution in [-0.2, 0) is 7.05 Å². The summed E-state index contributed by atoms with van der Waals surface area (Å²) in [5.74, 6) is -0.0546. The summed E-state index contributed by atoms with van der Waals surface area (Å²) in [6.45, 7) is 0. The zero-order valence-electron chi connectivity index (χ0n) is 13.1. The summed E-state index contributed by atoms with van der Waals surface area (Å²) in [6, 6.07) is 11.5. The van der Waals surface area contributed by atoms with E-state index < -0.39 is 5.92 Å². The average molecular weight is 414 g/mol. The van der Waals surface area contributed by atoms with Gasteiger partial charge in [0.1, 0.15) is 17.4 Å². The molecular weight excluding hydrogens is 402 g/mol. The first-order valence-electron chi connectivity index (χ1n) is 7.46. The van der Waals surface area contributed by atoms with Crippen LogP contribution in [0.4, 0.5) is 0 Å². The van der Waals surface area contributed by atoms with Gasteiger partial charge in [-0.1, -0.05) is 12.1 Å². The van der Waals surface area contributed by atoms with Crippen LogP contribution in [0.2, 0.25) is 0 Å². The van der Waals surface area contributed by atoms with Crippen LogP contribution in [0.3, 0.4) is 0 Å². The van der Waals surface area contributed by atoms with Crippen LogP contribution in [0, 0.1) is 11.3 Å². The molecule has 5 nitrogen and oxygen atoms in total. The van der Waals surface area contributed by atoms with E-state index in [1.807, 2.05) is 35.7 Å². The molecule has 2 N–H and O–H groups in total. The van der Waals surface area contributed by atoms with E-state index in [9.17, 15) is 10.1 Å². The summed E-state index contributed by atoms with van der Waals surface area (Å²) in [6.07, 6.45) is 0. The molecule has 0 spiro atoms. The first-order valence-corrected chi connectivity index (χ1v) is 9.13. The van der Waals surface area contributed by atoms with Gasteiger partial charge in [-0.25, -0.2) is 0 Å². The van der Waals surface area contributed by atoms with Gasteiger partial charge in [-0.15, -0.1) is 11.3 Å². The summed E-state index contributed by atoms with van der Waals surface area (Å²) in [5.41, 5.74) is 7.31. The standard InChI is InChI=1S/C18H12BrN3O2S/c1-22-12-5-3-2-4-10(12)16-15(18(22)23)14(11(7-20)17(21)24-16)13-6-9(19)8-25-13/h2-6,8,14H,21H2,1H3/t14-/m0/s1. The number of allylic oxidation sites excluding steroid dienone is 1. The fraction of sp³-hybridized carbons (Fsp3) is 0.111. The molecule has 0 fully saturated rings. The van der Waals surface area contributed by atoms with Crippen molar-refractivity contribution in [2.45, 2.75) is 5.92 Å². The molecule has 1 atom stereocenters. The highest BCUT2D eigenvalue weighted by Crippen LogP contribution is 2.45. The summed E-state index contributed by atoms with van der Waals surface area (Å²) >= 11 is 4.90. The number of hydrogen-bond acceptors (Lipinski definition) is 5. The SMILES string of the molecule is Cn1c(=O)c2c(c3ccccc31)OC(N)=C(C#N)[C@H]2c1cc(Br)cs1. The fourth-order valence-corrected chi connectivity index (χ4v) is 4.75. The number of halogens is 1. The van der Waals surface area contributed by atoms with Gasteiger partial charge in [-0.2, -0.15) is 5.26 Å². The van der Waals surface area contributed by atoms with Gasteiger partial charge >= 0.3 is 0 Å². The fourth-order valence-electron chi connectivity index (χ4n) is 3.19. The number of pyridine rings is 1. The molecule has 1 aromatic carbocycles. The van der Waals surface area contributed by atoms with E-state index >= 15 is 0 Å². The minimum atomic E-state index is -0.534. The number of rotatable bonds is 1. The van der Waals surface area contributed by atoms with Crippen LogP contribution in [0.1, 0.15) is 16.4 Å². The van der Waals surface area contributed by atoms with Gasteiger partial charge in [-0.05, 0) is 34.1 Å². The van der Waals surface area contributed by atoms with Crippen molar-refractivity contribution in [2.75, 3.05) is 0 Å². The lowest BCUT2D eigenvalue weighted by molar-refractivity contribution is 0.396. The number of nitrogens with zero attached hydrogens (tertiary/aromatic N) is 2. The Morgan fingerprint density at radius 1 is 1.40 bits per heavy atom. The number of para-hydroxylation sites is 1. The van der Waals surface area contributed by atoms with Gasteiger partial charge in [0.2, 0.25) is 5.88 Å². The Labute approximate surface area is 155 Å². The molecule has 0 saturated heterocycles. The van der Waals surface area contributed by atoms with E-state index in [0.717, 1.165) is 20.3 Å². The van der Waals surface area contributed by atoms with Crippen molar-refractivity contribution in [3.05, 3.63) is 72.4 Å². The number of hydrogen-bond donors (Lipinski definition) is 1. The lowest BCUT2D eigenvalue weighted by Crippen LogP contribution is -2.30. The van der Waals surface area contributed by atoms with Crippen molar-refractivity contribution in [2.24, 2.45) is 12.8 Å². The van der Waals surface area contributed by atoms with Crippen LogP contribution in [0.25, 0.3) is 10.9 Å². The number of aromatic nitrogens is 1. The highest BCUT2D eigenvalue weighted by molar-refractivity contribution is 9.10. The van der Waals surface area contributed by atoms with Crippen molar-refractivity contribution in [3.8, 4) is 11.8 Å². The molecular formula is C18H12BrN3O2S. The number of nitriles is 1. The zero-order valence-corrected chi connectivity index (χ0v) is 15.5. The maximum absolute atomic E-state index is 13.1. The minimum absolute atomic E-state index is 0.0444. The van der Waals surface area contributed by atoms with E-state index in [1.165, 1.54) is 11.3 Å².